The second kappa shape index (κ2) is 7.58. The van der Waals surface area contributed by atoms with Crippen LogP contribution in [-0.4, -0.2) is 35.4 Å². The number of benzene rings is 2. The van der Waals surface area contributed by atoms with E-state index < -0.39 is 0 Å². The Morgan fingerprint density at radius 3 is 1.70 bits per heavy atom. The van der Waals surface area contributed by atoms with Gasteiger partial charge in [0.2, 0.25) is 5.75 Å². The summed E-state index contributed by atoms with van der Waals surface area (Å²) in [6, 6.07) is 12.2. The molecule has 0 atom stereocenters. The van der Waals surface area contributed by atoms with Crippen molar-refractivity contribution >= 4 is 17.8 Å². The Labute approximate surface area is 137 Å². The third-order valence-corrected chi connectivity index (χ3v) is 3.56. The van der Waals surface area contributed by atoms with E-state index in [0.29, 0.717) is 17.2 Å². The van der Waals surface area contributed by atoms with Gasteiger partial charge in [0, 0.05) is 19.8 Å². The third-order valence-electron chi connectivity index (χ3n) is 3.56. The van der Waals surface area contributed by atoms with E-state index in [9.17, 15) is 0 Å². The van der Waals surface area contributed by atoms with E-state index in [4.69, 9.17) is 14.2 Å². The zero-order chi connectivity index (χ0) is 16.8. The van der Waals surface area contributed by atoms with Crippen LogP contribution in [0.5, 0.6) is 17.2 Å². The highest BCUT2D eigenvalue weighted by Gasteiger charge is 2.11. The summed E-state index contributed by atoms with van der Waals surface area (Å²) in [6.45, 7) is 0. The molecule has 0 spiro atoms. The Hall–Kier alpha value is -2.62. The molecule has 0 unspecified atom stereocenters. The maximum atomic E-state index is 5.37. The molecule has 0 bridgehead atoms. The van der Waals surface area contributed by atoms with E-state index in [2.05, 4.69) is 35.2 Å². The first-order chi connectivity index (χ1) is 11.1. The van der Waals surface area contributed by atoms with Crippen LogP contribution in [0.2, 0.25) is 0 Å². The molecule has 122 valence electrons. The second-order valence-electron chi connectivity index (χ2n) is 5.28. The van der Waals surface area contributed by atoms with Gasteiger partial charge < -0.3 is 19.1 Å². The Bertz CT molecular complexity index is 651. The fourth-order valence-electron chi connectivity index (χ4n) is 2.27. The van der Waals surface area contributed by atoms with Crippen molar-refractivity contribution in [1.82, 2.24) is 0 Å². The van der Waals surface area contributed by atoms with Crippen molar-refractivity contribution in [3.63, 3.8) is 0 Å². The molecule has 2 rings (SSSR count). The van der Waals surface area contributed by atoms with E-state index in [0.717, 1.165) is 11.1 Å². The third kappa shape index (κ3) is 3.97. The van der Waals surface area contributed by atoms with Crippen LogP contribution in [0.15, 0.2) is 36.4 Å². The minimum Gasteiger partial charge on any atom is -0.493 e. The predicted octanol–water partition coefficient (Wildman–Crippen LogP) is 3.95. The normalized spacial score (nSPS) is 10.7. The number of rotatable bonds is 6. The highest BCUT2D eigenvalue weighted by molar-refractivity contribution is 5.73. The van der Waals surface area contributed by atoms with Gasteiger partial charge in [-0.2, -0.15) is 0 Å². The van der Waals surface area contributed by atoms with Gasteiger partial charge >= 0.3 is 0 Å². The zero-order valence-electron chi connectivity index (χ0n) is 14.3. The van der Waals surface area contributed by atoms with Crippen molar-refractivity contribution in [2.75, 3.05) is 40.3 Å². The fraction of sp³-hybridized carbons (Fsp3) is 0.263. The Kier molecular flexibility index (Phi) is 5.52. The molecule has 4 heteroatoms. The summed E-state index contributed by atoms with van der Waals surface area (Å²) in [6.07, 6.45) is 4.08. The fourth-order valence-corrected chi connectivity index (χ4v) is 2.27. The standard InChI is InChI=1S/C19H23NO3/c1-20(2)16-10-8-14(9-11-16)6-7-15-12-17(21-3)19(23-5)18(13-15)22-4/h6-13H,1-5H3/b7-6+. The minimum absolute atomic E-state index is 0.600. The molecule has 0 aliphatic carbocycles. The lowest BCUT2D eigenvalue weighted by atomic mass is 10.1. The molecule has 0 aromatic heterocycles. The Balaban J connectivity index is 2.28. The maximum absolute atomic E-state index is 5.37. The van der Waals surface area contributed by atoms with Gasteiger partial charge in [0.15, 0.2) is 11.5 Å². The van der Waals surface area contributed by atoms with E-state index in [1.54, 1.807) is 21.3 Å². The Morgan fingerprint density at radius 2 is 1.26 bits per heavy atom. The summed E-state index contributed by atoms with van der Waals surface area (Å²) in [5, 5.41) is 0. The molecule has 0 amide bonds. The predicted molar refractivity (Wildman–Crippen MR) is 95.8 cm³/mol. The van der Waals surface area contributed by atoms with Crippen LogP contribution in [0.1, 0.15) is 11.1 Å². The van der Waals surface area contributed by atoms with Gasteiger partial charge in [-0.3, -0.25) is 0 Å². The van der Waals surface area contributed by atoms with Crippen molar-refractivity contribution in [3.8, 4) is 17.2 Å². The monoisotopic (exact) mass is 313 g/mol. The van der Waals surface area contributed by atoms with Gasteiger partial charge in [0.25, 0.3) is 0 Å². The summed E-state index contributed by atoms with van der Waals surface area (Å²) in [5.74, 6) is 1.89. The number of ether oxygens (including phenoxy) is 3. The van der Waals surface area contributed by atoms with Crippen LogP contribution in [-0.2, 0) is 0 Å². The number of anilines is 1. The first kappa shape index (κ1) is 16.7. The maximum Gasteiger partial charge on any atom is 0.203 e. The quantitative estimate of drug-likeness (QED) is 0.756. The summed E-state index contributed by atoms with van der Waals surface area (Å²) in [7, 11) is 8.89. The number of nitrogens with zero attached hydrogens (tertiary/aromatic N) is 1. The molecule has 0 saturated carbocycles. The van der Waals surface area contributed by atoms with Crippen molar-refractivity contribution in [2.24, 2.45) is 0 Å². The van der Waals surface area contributed by atoms with Crippen LogP contribution >= 0.6 is 0 Å². The van der Waals surface area contributed by atoms with Crippen molar-refractivity contribution in [3.05, 3.63) is 47.5 Å². The largest absolute Gasteiger partial charge is 0.493 e. The average molecular weight is 313 g/mol. The molecule has 0 radical (unpaired) electrons. The van der Waals surface area contributed by atoms with Crippen LogP contribution in [0, 0.1) is 0 Å². The molecular weight excluding hydrogens is 290 g/mol. The van der Waals surface area contributed by atoms with Gasteiger partial charge in [-0.15, -0.1) is 0 Å². The average Bonchev–Trinajstić information content (AvgIpc) is 2.59. The van der Waals surface area contributed by atoms with Gasteiger partial charge in [0.05, 0.1) is 21.3 Å². The van der Waals surface area contributed by atoms with Crippen LogP contribution in [0.4, 0.5) is 5.69 Å². The topological polar surface area (TPSA) is 30.9 Å². The highest BCUT2D eigenvalue weighted by atomic mass is 16.5. The smallest absolute Gasteiger partial charge is 0.203 e. The lowest BCUT2D eigenvalue weighted by molar-refractivity contribution is 0.324. The molecule has 0 aliphatic heterocycles. The van der Waals surface area contributed by atoms with Crippen molar-refractivity contribution < 1.29 is 14.2 Å². The Morgan fingerprint density at radius 1 is 0.739 bits per heavy atom. The number of methoxy groups -OCH3 is 3. The van der Waals surface area contributed by atoms with Gasteiger partial charge in [-0.05, 0) is 35.4 Å². The molecule has 0 heterocycles. The van der Waals surface area contributed by atoms with Gasteiger partial charge in [0.1, 0.15) is 0 Å². The number of hydrogen-bond acceptors (Lipinski definition) is 4. The molecule has 2 aromatic carbocycles. The summed E-state index contributed by atoms with van der Waals surface area (Å²) >= 11 is 0. The van der Waals surface area contributed by atoms with Crippen molar-refractivity contribution in [2.45, 2.75) is 0 Å². The van der Waals surface area contributed by atoms with E-state index in [1.807, 2.05) is 32.3 Å². The van der Waals surface area contributed by atoms with Crippen LogP contribution in [0.3, 0.4) is 0 Å². The molecule has 4 nitrogen and oxygen atoms in total. The molecule has 0 fully saturated rings. The van der Waals surface area contributed by atoms with E-state index in [1.165, 1.54) is 5.69 Å². The summed E-state index contributed by atoms with van der Waals surface area (Å²) < 4.78 is 16.1. The summed E-state index contributed by atoms with van der Waals surface area (Å²) in [5.41, 5.74) is 3.29. The van der Waals surface area contributed by atoms with E-state index >= 15 is 0 Å². The molecule has 23 heavy (non-hydrogen) atoms. The zero-order valence-corrected chi connectivity index (χ0v) is 14.3. The lowest BCUT2D eigenvalue weighted by Crippen LogP contribution is -2.07. The molecule has 0 aliphatic rings. The molecule has 0 saturated heterocycles. The van der Waals surface area contributed by atoms with Crippen molar-refractivity contribution in [1.29, 1.82) is 0 Å². The minimum atomic E-state index is 0.600. The lowest BCUT2D eigenvalue weighted by Gasteiger charge is -2.13. The molecule has 2 aromatic rings. The SMILES string of the molecule is COc1cc(/C=C/c2ccc(N(C)C)cc2)cc(OC)c1OC. The van der Waals surface area contributed by atoms with E-state index in [-0.39, 0.29) is 0 Å². The molecular formula is C19H23NO3. The van der Waals surface area contributed by atoms with Crippen LogP contribution in [0.25, 0.3) is 12.2 Å². The summed E-state index contributed by atoms with van der Waals surface area (Å²) in [4.78, 5) is 2.08. The first-order valence-corrected chi connectivity index (χ1v) is 7.34. The van der Waals surface area contributed by atoms with Gasteiger partial charge in [-0.1, -0.05) is 24.3 Å². The van der Waals surface area contributed by atoms with Crippen LogP contribution < -0.4 is 19.1 Å². The second-order valence-corrected chi connectivity index (χ2v) is 5.28. The first-order valence-electron chi connectivity index (χ1n) is 7.34. The molecule has 0 N–H and O–H groups in total. The highest BCUT2D eigenvalue weighted by Crippen LogP contribution is 2.38. The van der Waals surface area contributed by atoms with Gasteiger partial charge in [-0.25, -0.2) is 0 Å². The number of hydrogen-bond donors (Lipinski definition) is 0.